The lowest BCUT2D eigenvalue weighted by molar-refractivity contribution is -0.0119. The van der Waals surface area contributed by atoms with Gasteiger partial charge in [-0.15, -0.1) is 0 Å². The normalized spacial score (nSPS) is 14.6. The van der Waals surface area contributed by atoms with Crippen molar-refractivity contribution < 1.29 is 9.84 Å². The van der Waals surface area contributed by atoms with Crippen LogP contribution in [0.5, 0.6) is 0 Å². The van der Waals surface area contributed by atoms with Crippen molar-refractivity contribution in [1.29, 1.82) is 0 Å². The Hall–Kier alpha value is -1.55. The first-order valence-corrected chi connectivity index (χ1v) is 9.06. The molecule has 0 bridgehead atoms. The van der Waals surface area contributed by atoms with Crippen LogP contribution in [0.1, 0.15) is 43.7 Å². The summed E-state index contributed by atoms with van der Waals surface area (Å²) in [5, 5.41) is 12.6. The van der Waals surface area contributed by atoms with Gasteiger partial charge in [-0.25, -0.2) is 0 Å². The second-order valence-corrected chi connectivity index (χ2v) is 6.86. The average Bonchev–Trinajstić information content (AvgIpc) is 2.61. The number of ether oxygens (including phenoxy) is 1. The predicted octanol–water partition coefficient (Wildman–Crippen LogP) is 5.71. The SMILES string of the molecule is C=C(OCCCC)C(O)(c1cccnc1)C(C)c1ccc(Cl)cc1Cl. The molecule has 134 valence electrons. The molecule has 2 aromatic rings. The third kappa shape index (κ3) is 4.35. The van der Waals surface area contributed by atoms with Gasteiger partial charge < -0.3 is 9.84 Å². The number of unbranched alkanes of at least 4 members (excludes halogenated alkanes) is 1. The summed E-state index contributed by atoms with van der Waals surface area (Å²) in [6, 6.07) is 8.82. The monoisotopic (exact) mass is 379 g/mol. The molecule has 0 fully saturated rings. The lowest BCUT2D eigenvalue weighted by Crippen LogP contribution is -2.35. The van der Waals surface area contributed by atoms with E-state index in [1.54, 1.807) is 30.6 Å². The number of halogens is 2. The molecule has 2 rings (SSSR count). The highest BCUT2D eigenvalue weighted by atomic mass is 35.5. The Labute approximate surface area is 159 Å². The summed E-state index contributed by atoms with van der Waals surface area (Å²) in [4.78, 5) is 4.13. The Morgan fingerprint density at radius 3 is 2.72 bits per heavy atom. The van der Waals surface area contributed by atoms with Gasteiger partial charge in [0, 0.05) is 33.9 Å². The van der Waals surface area contributed by atoms with E-state index < -0.39 is 11.5 Å². The molecular formula is C20H23Cl2NO2. The molecule has 0 radical (unpaired) electrons. The van der Waals surface area contributed by atoms with Gasteiger partial charge in [-0.1, -0.05) is 62.2 Å². The highest BCUT2D eigenvalue weighted by Gasteiger charge is 2.42. The van der Waals surface area contributed by atoms with Gasteiger partial charge >= 0.3 is 0 Å². The summed E-state index contributed by atoms with van der Waals surface area (Å²) < 4.78 is 5.77. The van der Waals surface area contributed by atoms with Gasteiger partial charge in [-0.2, -0.15) is 0 Å². The molecule has 0 saturated carbocycles. The number of pyridine rings is 1. The van der Waals surface area contributed by atoms with E-state index in [9.17, 15) is 5.11 Å². The maximum absolute atomic E-state index is 11.6. The second-order valence-electron chi connectivity index (χ2n) is 6.02. The van der Waals surface area contributed by atoms with Crippen molar-refractivity contribution in [3.8, 4) is 0 Å². The molecule has 5 heteroatoms. The van der Waals surface area contributed by atoms with Crippen molar-refractivity contribution in [1.82, 2.24) is 4.98 Å². The van der Waals surface area contributed by atoms with Crippen molar-refractivity contribution in [3.63, 3.8) is 0 Å². The molecule has 0 aliphatic heterocycles. The molecule has 2 unspecified atom stereocenters. The van der Waals surface area contributed by atoms with E-state index in [1.165, 1.54) is 0 Å². The topological polar surface area (TPSA) is 42.4 Å². The average molecular weight is 380 g/mol. The van der Waals surface area contributed by atoms with Gasteiger partial charge in [-0.05, 0) is 30.2 Å². The molecule has 1 N–H and O–H groups in total. The van der Waals surface area contributed by atoms with Crippen LogP contribution in [0.15, 0.2) is 55.1 Å². The molecule has 1 aromatic heterocycles. The lowest BCUT2D eigenvalue weighted by Gasteiger charge is -2.36. The molecule has 1 aromatic carbocycles. The van der Waals surface area contributed by atoms with Crippen molar-refractivity contribution >= 4 is 23.2 Å². The molecule has 0 aliphatic rings. The highest BCUT2D eigenvalue weighted by Crippen LogP contribution is 2.44. The molecule has 2 atom stereocenters. The van der Waals surface area contributed by atoms with Crippen molar-refractivity contribution in [3.05, 3.63) is 76.2 Å². The number of hydrogen-bond acceptors (Lipinski definition) is 3. The van der Waals surface area contributed by atoms with E-state index >= 15 is 0 Å². The summed E-state index contributed by atoms with van der Waals surface area (Å²) in [5.41, 5.74) is -0.0906. The van der Waals surface area contributed by atoms with Gasteiger partial charge in [-0.3, -0.25) is 4.98 Å². The second kappa shape index (κ2) is 8.70. The number of nitrogens with zero attached hydrogens (tertiary/aromatic N) is 1. The molecule has 0 spiro atoms. The maximum atomic E-state index is 11.6. The number of aliphatic hydroxyl groups is 1. The molecule has 0 saturated heterocycles. The van der Waals surface area contributed by atoms with Crippen LogP contribution in [0.2, 0.25) is 10.0 Å². The summed E-state index contributed by atoms with van der Waals surface area (Å²) in [6.07, 6.45) is 5.16. The van der Waals surface area contributed by atoms with Gasteiger partial charge in [0.25, 0.3) is 0 Å². The van der Waals surface area contributed by atoms with Crippen LogP contribution in [-0.2, 0) is 10.3 Å². The number of rotatable bonds is 8. The first-order chi connectivity index (χ1) is 11.9. The largest absolute Gasteiger partial charge is 0.495 e. The molecule has 1 heterocycles. The zero-order valence-corrected chi connectivity index (χ0v) is 16.0. The number of hydrogen-bond donors (Lipinski definition) is 1. The Morgan fingerprint density at radius 2 is 2.12 bits per heavy atom. The van der Waals surface area contributed by atoms with Crippen molar-refractivity contribution in [2.45, 2.75) is 38.2 Å². The quantitative estimate of drug-likeness (QED) is 0.471. The minimum absolute atomic E-state index is 0.285. The number of benzene rings is 1. The highest BCUT2D eigenvalue weighted by molar-refractivity contribution is 6.35. The van der Waals surface area contributed by atoms with E-state index in [0.717, 1.165) is 18.4 Å². The van der Waals surface area contributed by atoms with Crippen molar-refractivity contribution in [2.24, 2.45) is 0 Å². The van der Waals surface area contributed by atoms with Gasteiger partial charge in [0.1, 0.15) is 5.76 Å². The van der Waals surface area contributed by atoms with E-state index in [4.69, 9.17) is 27.9 Å². The van der Waals surface area contributed by atoms with Crippen LogP contribution in [0.3, 0.4) is 0 Å². The smallest absolute Gasteiger partial charge is 0.154 e. The molecule has 25 heavy (non-hydrogen) atoms. The Morgan fingerprint density at radius 1 is 1.36 bits per heavy atom. The van der Waals surface area contributed by atoms with Gasteiger partial charge in [0.05, 0.1) is 6.61 Å². The Bertz CT molecular complexity index is 721. The Kier molecular flexibility index (Phi) is 6.88. The van der Waals surface area contributed by atoms with E-state index in [1.807, 2.05) is 19.1 Å². The third-order valence-electron chi connectivity index (χ3n) is 4.36. The van der Waals surface area contributed by atoms with Crippen LogP contribution >= 0.6 is 23.2 Å². The first-order valence-electron chi connectivity index (χ1n) is 8.31. The Balaban J connectivity index is 2.45. The zero-order chi connectivity index (χ0) is 18.4. The van der Waals surface area contributed by atoms with Crippen molar-refractivity contribution in [2.75, 3.05) is 6.61 Å². The molecular weight excluding hydrogens is 357 g/mol. The standard InChI is InChI=1S/C20H23Cl2NO2/c1-4-5-11-25-15(3)20(24,16-7-6-10-23-13-16)14(2)18-9-8-17(21)12-19(18)22/h6-10,12-14,24H,3-5,11H2,1-2H3. The van der Waals surface area contributed by atoms with Gasteiger partial charge in [0.2, 0.25) is 0 Å². The van der Waals surface area contributed by atoms with Gasteiger partial charge in [0.15, 0.2) is 5.60 Å². The maximum Gasteiger partial charge on any atom is 0.154 e. The first kappa shape index (κ1) is 19.8. The minimum Gasteiger partial charge on any atom is -0.495 e. The molecule has 3 nitrogen and oxygen atoms in total. The van der Waals surface area contributed by atoms with Crippen LogP contribution in [0, 0.1) is 0 Å². The zero-order valence-electron chi connectivity index (χ0n) is 14.5. The fraction of sp³-hybridized carbons (Fsp3) is 0.350. The summed E-state index contributed by atoms with van der Waals surface area (Å²) in [6.45, 7) is 8.46. The predicted molar refractivity (Wildman–Crippen MR) is 103 cm³/mol. The summed E-state index contributed by atoms with van der Waals surface area (Å²) in [5.74, 6) is -0.122. The third-order valence-corrected chi connectivity index (χ3v) is 4.92. The molecule has 0 aliphatic carbocycles. The van der Waals surface area contributed by atoms with E-state index in [0.29, 0.717) is 22.2 Å². The summed E-state index contributed by atoms with van der Waals surface area (Å²) >= 11 is 12.4. The van der Waals surface area contributed by atoms with Crippen LogP contribution < -0.4 is 0 Å². The summed E-state index contributed by atoms with van der Waals surface area (Å²) in [7, 11) is 0. The van der Waals surface area contributed by atoms with Crippen LogP contribution in [0.4, 0.5) is 0 Å². The van der Waals surface area contributed by atoms with E-state index in [2.05, 4.69) is 18.5 Å². The lowest BCUT2D eigenvalue weighted by atomic mass is 9.77. The fourth-order valence-electron chi connectivity index (χ4n) is 2.77. The van der Waals surface area contributed by atoms with Crippen LogP contribution in [-0.4, -0.2) is 16.7 Å². The fourth-order valence-corrected chi connectivity index (χ4v) is 3.34. The molecule has 0 amide bonds. The minimum atomic E-state index is -1.46. The van der Waals surface area contributed by atoms with Crippen LogP contribution in [0.25, 0.3) is 0 Å². The number of aromatic nitrogens is 1. The van der Waals surface area contributed by atoms with E-state index in [-0.39, 0.29) is 5.76 Å².